The van der Waals surface area contributed by atoms with Crippen molar-refractivity contribution in [2.75, 3.05) is 12.4 Å². The van der Waals surface area contributed by atoms with Gasteiger partial charge in [0, 0.05) is 12.1 Å². The molecule has 0 spiro atoms. The van der Waals surface area contributed by atoms with Crippen molar-refractivity contribution in [1.82, 2.24) is 0 Å². The van der Waals surface area contributed by atoms with Crippen molar-refractivity contribution >= 4 is 17.3 Å². The highest BCUT2D eigenvalue weighted by Crippen LogP contribution is 2.27. The molecule has 0 saturated carbocycles. The highest BCUT2D eigenvalue weighted by atomic mass is 35.5. The first-order valence-electron chi connectivity index (χ1n) is 4.77. The fourth-order valence-electron chi connectivity index (χ4n) is 1.11. The van der Waals surface area contributed by atoms with E-state index in [0.717, 1.165) is 17.9 Å². The average Bonchev–Trinajstić information content (AvgIpc) is 2.20. The topological polar surface area (TPSA) is 21.3 Å². The number of nitrogens with one attached hydrogen (secondary N) is 1. The summed E-state index contributed by atoms with van der Waals surface area (Å²) in [5, 5.41) is 4.02. The lowest BCUT2D eigenvalue weighted by molar-refractivity contribution is 0.415. The van der Waals surface area contributed by atoms with Crippen LogP contribution in [0.5, 0.6) is 5.75 Å². The maximum atomic E-state index is 6.07. The van der Waals surface area contributed by atoms with Crippen molar-refractivity contribution in [2.45, 2.75) is 26.3 Å². The Balaban J connectivity index is 2.78. The molecule has 0 aliphatic heterocycles. The Kier molecular flexibility index (Phi) is 4.08. The molecule has 0 saturated heterocycles. The van der Waals surface area contributed by atoms with Crippen LogP contribution in [0.3, 0.4) is 0 Å². The highest BCUT2D eigenvalue weighted by molar-refractivity contribution is 6.33. The Morgan fingerprint density at radius 3 is 2.71 bits per heavy atom. The van der Waals surface area contributed by atoms with Gasteiger partial charge in [-0.2, -0.15) is 0 Å². The van der Waals surface area contributed by atoms with Gasteiger partial charge in [0.1, 0.15) is 5.75 Å². The Morgan fingerprint density at radius 1 is 1.50 bits per heavy atom. The third-order valence-electron chi connectivity index (χ3n) is 2.19. The van der Waals surface area contributed by atoms with E-state index < -0.39 is 0 Å². The molecule has 1 aromatic rings. The minimum atomic E-state index is 0.431. The lowest BCUT2D eigenvalue weighted by Gasteiger charge is -2.14. The van der Waals surface area contributed by atoms with Gasteiger partial charge in [-0.05, 0) is 25.5 Å². The van der Waals surface area contributed by atoms with Crippen LogP contribution in [-0.4, -0.2) is 13.2 Å². The van der Waals surface area contributed by atoms with E-state index in [1.165, 1.54) is 0 Å². The van der Waals surface area contributed by atoms with Crippen LogP contribution in [0.1, 0.15) is 20.3 Å². The average molecular weight is 214 g/mol. The predicted molar refractivity (Wildman–Crippen MR) is 61.4 cm³/mol. The molecule has 1 aromatic carbocycles. The minimum Gasteiger partial charge on any atom is -0.497 e. The van der Waals surface area contributed by atoms with E-state index in [4.69, 9.17) is 16.3 Å². The monoisotopic (exact) mass is 213 g/mol. The first kappa shape index (κ1) is 11.2. The van der Waals surface area contributed by atoms with Gasteiger partial charge in [-0.1, -0.05) is 18.5 Å². The SMILES string of the molecule is CCC(C)Nc1ccc(OC)cc1Cl. The molecular formula is C11H16ClNO. The highest BCUT2D eigenvalue weighted by Gasteiger charge is 2.04. The minimum absolute atomic E-state index is 0.431. The van der Waals surface area contributed by atoms with Crippen LogP contribution in [-0.2, 0) is 0 Å². The number of ether oxygens (including phenoxy) is 1. The van der Waals surface area contributed by atoms with E-state index in [-0.39, 0.29) is 0 Å². The molecule has 2 nitrogen and oxygen atoms in total. The fourth-order valence-corrected chi connectivity index (χ4v) is 1.33. The second kappa shape index (κ2) is 5.11. The summed E-state index contributed by atoms with van der Waals surface area (Å²) in [6, 6.07) is 6.08. The van der Waals surface area contributed by atoms with Gasteiger partial charge in [-0.25, -0.2) is 0 Å². The lowest BCUT2D eigenvalue weighted by atomic mass is 10.2. The zero-order chi connectivity index (χ0) is 10.6. The summed E-state index contributed by atoms with van der Waals surface area (Å²) in [5.41, 5.74) is 0.960. The number of anilines is 1. The zero-order valence-corrected chi connectivity index (χ0v) is 9.56. The van der Waals surface area contributed by atoms with Crippen molar-refractivity contribution < 1.29 is 4.74 Å². The Morgan fingerprint density at radius 2 is 2.21 bits per heavy atom. The van der Waals surface area contributed by atoms with Crippen molar-refractivity contribution in [3.8, 4) is 5.75 Å². The van der Waals surface area contributed by atoms with E-state index in [9.17, 15) is 0 Å². The van der Waals surface area contributed by atoms with Gasteiger partial charge in [-0.3, -0.25) is 0 Å². The van der Waals surface area contributed by atoms with E-state index >= 15 is 0 Å². The standard InChI is InChI=1S/C11H16ClNO/c1-4-8(2)13-11-6-5-9(14-3)7-10(11)12/h5-8,13H,4H2,1-3H3. The number of hydrogen-bond acceptors (Lipinski definition) is 2. The van der Waals surface area contributed by atoms with E-state index in [0.29, 0.717) is 11.1 Å². The molecule has 0 aliphatic rings. The van der Waals surface area contributed by atoms with Crippen LogP contribution in [0, 0.1) is 0 Å². The summed E-state index contributed by atoms with van der Waals surface area (Å²) in [6.07, 6.45) is 1.07. The van der Waals surface area contributed by atoms with Crippen LogP contribution in [0.15, 0.2) is 18.2 Å². The molecule has 1 atom stereocenters. The molecule has 0 aromatic heterocycles. The van der Waals surface area contributed by atoms with E-state index in [1.54, 1.807) is 7.11 Å². The molecule has 0 radical (unpaired) electrons. The van der Waals surface area contributed by atoms with Gasteiger partial charge in [0.2, 0.25) is 0 Å². The predicted octanol–water partition coefficient (Wildman–Crippen LogP) is 3.56. The molecule has 1 rings (SSSR count). The zero-order valence-electron chi connectivity index (χ0n) is 8.80. The number of rotatable bonds is 4. The molecule has 3 heteroatoms. The number of methoxy groups -OCH3 is 1. The molecular weight excluding hydrogens is 198 g/mol. The summed E-state index contributed by atoms with van der Waals surface area (Å²) in [5.74, 6) is 0.782. The van der Waals surface area contributed by atoms with Crippen LogP contribution in [0.25, 0.3) is 0 Å². The normalized spacial score (nSPS) is 12.3. The molecule has 0 amide bonds. The third kappa shape index (κ3) is 2.81. The molecule has 1 unspecified atom stereocenters. The quantitative estimate of drug-likeness (QED) is 0.826. The molecule has 0 heterocycles. The summed E-state index contributed by atoms with van der Waals surface area (Å²) < 4.78 is 5.07. The van der Waals surface area contributed by atoms with Gasteiger partial charge in [0.05, 0.1) is 17.8 Å². The van der Waals surface area contributed by atoms with Gasteiger partial charge in [0.25, 0.3) is 0 Å². The summed E-state index contributed by atoms with van der Waals surface area (Å²) in [7, 11) is 1.63. The van der Waals surface area contributed by atoms with Gasteiger partial charge in [0.15, 0.2) is 0 Å². The van der Waals surface area contributed by atoms with Crippen LogP contribution < -0.4 is 10.1 Å². The molecule has 0 aliphatic carbocycles. The Hall–Kier alpha value is -0.890. The third-order valence-corrected chi connectivity index (χ3v) is 2.50. The van der Waals surface area contributed by atoms with Crippen LogP contribution >= 0.6 is 11.6 Å². The van der Waals surface area contributed by atoms with Crippen molar-refractivity contribution in [1.29, 1.82) is 0 Å². The Labute approximate surface area is 90.2 Å². The molecule has 78 valence electrons. The first-order valence-corrected chi connectivity index (χ1v) is 5.15. The van der Waals surface area contributed by atoms with Gasteiger partial charge >= 0.3 is 0 Å². The smallest absolute Gasteiger partial charge is 0.120 e. The summed E-state index contributed by atoms with van der Waals surface area (Å²) in [4.78, 5) is 0. The molecule has 0 bridgehead atoms. The van der Waals surface area contributed by atoms with E-state index in [2.05, 4.69) is 19.2 Å². The second-order valence-electron chi connectivity index (χ2n) is 3.30. The first-order chi connectivity index (χ1) is 6.67. The fraction of sp³-hybridized carbons (Fsp3) is 0.455. The maximum Gasteiger partial charge on any atom is 0.120 e. The number of benzene rings is 1. The van der Waals surface area contributed by atoms with Crippen molar-refractivity contribution in [3.63, 3.8) is 0 Å². The number of hydrogen-bond donors (Lipinski definition) is 1. The van der Waals surface area contributed by atoms with Gasteiger partial charge in [-0.15, -0.1) is 0 Å². The molecule has 0 fully saturated rings. The summed E-state index contributed by atoms with van der Waals surface area (Å²) >= 11 is 6.07. The van der Waals surface area contributed by atoms with Crippen molar-refractivity contribution in [3.05, 3.63) is 23.2 Å². The molecule has 1 N–H and O–H groups in total. The van der Waals surface area contributed by atoms with Gasteiger partial charge < -0.3 is 10.1 Å². The van der Waals surface area contributed by atoms with Crippen LogP contribution in [0.2, 0.25) is 5.02 Å². The lowest BCUT2D eigenvalue weighted by Crippen LogP contribution is -2.13. The largest absolute Gasteiger partial charge is 0.497 e. The number of halogens is 1. The summed E-state index contributed by atoms with van der Waals surface area (Å²) in [6.45, 7) is 4.26. The van der Waals surface area contributed by atoms with Crippen LogP contribution in [0.4, 0.5) is 5.69 Å². The van der Waals surface area contributed by atoms with E-state index in [1.807, 2.05) is 18.2 Å². The molecule has 14 heavy (non-hydrogen) atoms. The Bertz CT molecular complexity index is 301. The maximum absolute atomic E-state index is 6.07. The second-order valence-corrected chi connectivity index (χ2v) is 3.71. The van der Waals surface area contributed by atoms with Crippen molar-refractivity contribution in [2.24, 2.45) is 0 Å².